The number of aromatic nitrogens is 1. The highest BCUT2D eigenvalue weighted by molar-refractivity contribution is 7.14. The second-order valence-corrected chi connectivity index (χ2v) is 7.82. The average molecular weight is 442 g/mol. The van der Waals surface area contributed by atoms with Crippen molar-refractivity contribution in [2.45, 2.75) is 5.54 Å². The summed E-state index contributed by atoms with van der Waals surface area (Å²) in [4.78, 5) is 21.0. The molecule has 1 aromatic heterocycles. The second-order valence-electron chi connectivity index (χ2n) is 6.96. The van der Waals surface area contributed by atoms with Gasteiger partial charge in [0.15, 0.2) is 10.8 Å². The maximum atomic E-state index is 11.7. The van der Waals surface area contributed by atoms with E-state index in [0.717, 1.165) is 16.7 Å². The highest BCUT2D eigenvalue weighted by Gasteiger charge is 2.37. The number of anilines is 1. The van der Waals surface area contributed by atoms with E-state index in [1.165, 1.54) is 18.4 Å². The largest absolute Gasteiger partial charge is 0.398 e. The predicted molar refractivity (Wildman–Crippen MR) is 127 cm³/mol. The number of hydrogen-bond donors (Lipinski definition) is 1. The summed E-state index contributed by atoms with van der Waals surface area (Å²) < 4.78 is 0. The molecule has 0 aliphatic rings. The predicted octanol–water partition coefficient (Wildman–Crippen LogP) is 4.71. The van der Waals surface area contributed by atoms with Gasteiger partial charge in [0.1, 0.15) is 18.3 Å². The van der Waals surface area contributed by atoms with Gasteiger partial charge in [-0.05, 0) is 16.7 Å². The molecular weight excluding hydrogens is 420 g/mol. The van der Waals surface area contributed by atoms with Crippen molar-refractivity contribution in [3.05, 3.63) is 119 Å². The molecule has 3 aromatic carbocycles. The first-order valence-electron chi connectivity index (χ1n) is 9.93. The Morgan fingerprint density at radius 1 is 0.906 bits per heavy atom. The molecule has 6 nitrogen and oxygen atoms in total. The molecule has 0 unspecified atom stereocenters. The van der Waals surface area contributed by atoms with Crippen LogP contribution in [0.4, 0.5) is 5.13 Å². The molecule has 0 spiro atoms. The topological polar surface area (TPSA) is 87.4 Å². The van der Waals surface area contributed by atoms with Crippen molar-refractivity contribution in [2.75, 3.05) is 12.4 Å². The Labute approximate surface area is 190 Å². The molecular formula is C25H21N4O2S. The molecule has 4 aromatic rings. The number of amides is 1. The van der Waals surface area contributed by atoms with E-state index < -0.39 is 11.4 Å². The summed E-state index contributed by atoms with van der Waals surface area (Å²) in [5.41, 5.74) is 10.0. The van der Waals surface area contributed by atoms with Crippen LogP contribution in [0, 0.1) is 0 Å². The van der Waals surface area contributed by atoms with Gasteiger partial charge in [0, 0.05) is 5.38 Å². The number of benzene rings is 3. The molecule has 0 saturated heterocycles. The molecule has 0 fully saturated rings. The Bertz CT molecular complexity index is 1110. The van der Waals surface area contributed by atoms with Crippen LogP contribution >= 0.6 is 11.3 Å². The van der Waals surface area contributed by atoms with Crippen molar-refractivity contribution in [1.82, 2.24) is 10.7 Å². The molecule has 159 valence electrons. The molecule has 32 heavy (non-hydrogen) atoms. The number of carbonyl (C=O) groups excluding carboxylic acids is 1. The van der Waals surface area contributed by atoms with E-state index in [2.05, 4.69) is 51.9 Å². The summed E-state index contributed by atoms with van der Waals surface area (Å²) in [5, 5.41) is 9.59. The van der Waals surface area contributed by atoms with Gasteiger partial charge in [-0.2, -0.15) is 0 Å². The Kier molecular flexibility index (Phi) is 6.28. The van der Waals surface area contributed by atoms with Gasteiger partial charge in [0.05, 0.1) is 0 Å². The average Bonchev–Trinajstić information content (AvgIpc) is 3.30. The van der Waals surface area contributed by atoms with E-state index in [1.807, 2.05) is 54.6 Å². The molecule has 2 N–H and O–H groups in total. The van der Waals surface area contributed by atoms with Crippen LogP contribution < -0.4 is 11.1 Å². The first-order valence-corrected chi connectivity index (χ1v) is 10.8. The quantitative estimate of drug-likeness (QED) is 0.244. The first kappa shape index (κ1) is 21.3. The van der Waals surface area contributed by atoms with Crippen LogP contribution in [0.3, 0.4) is 0 Å². The Balaban J connectivity index is 1.90. The number of nitrogens with one attached hydrogen (secondary N) is 2. The first-order chi connectivity index (χ1) is 15.6. The molecule has 0 atom stereocenters. The number of oxime groups is 1. The molecule has 0 saturated carbocycles. The third-order valence-corrected chi connectivity index (χ3v) is 5.82. The smallest absolute Gasteiger partial charge is 0.294 e. The lowest BCUT2D eigenvalue weighted by atomic mass is 9.77. The van der Waals surface area contributed by atoms with Crippen LogP contribution in [0.1, 0.15) is 22.4 Å². The third-order valence-electron chi connectivity index (χ3n) is 5.06. The number of nitrogens with zero attached hydrogens (tertiary/aromatic N) is 2. The lowest BCUT2D eigenvalue weighted by Crippen LogP contribution is -2.38. The van der Waals surface area contributed by atoms with Gasteiger partial charge < -0.3 is 10.2 Å². The maximum Gasteiger partial charge on any atom is 0.294 e. The van der Waals surface area contributed by atoms with E-state index in [1.54, 1.807) is 5.38 Å². The Morgan fingerprint density at radius 2 is 1.38 bits per heavy atom. The zero-order valence-electron chi connectivity index (χ0n) is 17.4. The Hall–Kier alpha value is -3.97. The van der Waals surface area contributed by atoms with Crippen molar-refractivity contribution in [2.24, 2.45) is 5.16 Å². The van der Waals surface area contributed by atoms with Crippen LogP contribution in [0.15, 0.2) is 102 Å². The maximum absolute atomic E-state index is 11.7. The molecule has 1 radical (unpaired) electrons. The van der Waals surface area contributed by atoms with Crippen LogP contribution in [-0.4, -0.2) is 23.7 Å². The lowest BCUT2D eigenvalue weighted by Gasteiger charge is -2.36. The van der Waals surface area contributed by atoms with Gasteiger partial charge in [-0.3, -0.25) is 10.5 Å². The zero-order valence-corrected chi connectivity index (χ0v) is 18.2. The van der Waals surface area contributed by atoms with Crippen LogP contribution in [0.25, 0.3) is 0 Å². The van der Waals surface area contributed by atoms with Crippen LogP contribution in [-0.2, 0) is 15.2 Å². The highest BCUT2D eigenvalue weighted by Crippen LogP contribution is 2.40. The third kappa shape index (κ3) is 4.10. The van der Waals surface area contributed by atoms with Crippen molar-refractivity contribution < 1.29 is 9.63 Å². The van der Waals surface area contributed by atoms with Crippen molar-refractivity contribution >= 4 is 28.1 Å². The fourth-order valence-electron chi connectivity index (χ4n) is 3.68. The lowest BCUT2D eigenvalue weighted by molar-refractivity contribution is -0.112. The van der Waals surface area contributed by atoms with Crippen molar-refractivity contribution in [3.8, 4) is 0 Å². The van der Waals surface area contributed by atoms with Gasteiger partial charge >= 0.3 is 0 Å². The summed E-state index contributed by atoms with van der Waals surface area (Å²) in [7, 11) is 1.33. The molecule has 4 rings (SSSR count). The van der Waals surface area contributed by atoms with E-state index in [9.17, 15) is 4.79 Å². The molecule has 0 bridgehead atoms. The SMILES string of the molecule is CON=C(C([NH])=O)c1csc(NC(c2ccccc2)(c2ccccc2)c2ccccc2)n1. The van der Waals surface area contributed by atoms with Crippen LogP contribution in [0.5, 0.6) is 0 Å². The summed E-state index contributed by atoms with van der Waals surface area (Å²) >= 11 is 1.34. The summed E-state index contributed by atoms with van der Waals surface area (Å²) in [6.07, 6.45) is 0. The fraction of sp³-hybridized carbons (Fsp3) is 0.0800. The molecule has 0 aliphatic heterocycles. The van der Waals surface area contributed by atoms with E-state index in [4.69, 9.17) is 10.6 Å². The molecule has 0 aliphatic carbocycles. The van der Waals surface area contributed by atoms with Gasteiger partial charge in [0.2, 0.25) is 0 Å². The number of rotatable bonds is 8. The normalized spacial score (nSPS) is 11.7. The molecule has 1 amide bonds. The van der Waals surface area contributed by atoms with Gasteiger partial charge in [-0.1, -0.05) is 96.2 Å². The van der Waals surface area contributed by atoms with E-state index in [-0.39, 0.29) is 5.71 Å². The van der Waals surface area contributed by atoms with Gasteiger partial charge in [-0.15, -0.1) is 11.3 Å². The second kappa shape index (κ2) is 9.45. The van der Waals surface area contributed by atoms with E-state index in [0.29, 0.717) is 10.8 Å². The summed E-state index contributed by atoms with van der Waals surface area (Å²) in [6, 6.07) is 30.5. The summed E-state index contributed by atoms with van der Waals surface area (Å²) in [6.45, 7) is 0. The monoisotopic (exact) mass is 441 g/mol. The fourth-order valence-corrected chi connectivity index (χ4v) is 4.43. The van der Waals surface area contributed by atoms with Crippen LogP contribution in [0.2, 0.25) is 0 Å². The van der Waals surface area contributed by atoms with Crippen molar-refractivity contribution in [3.63, 3.8) is 0 Å². The molecule has 1 heterocycles. The number of thiazole rings is 1. The number of carbonyl (C=O) groups is 1. The van der Waals surface area contributed by atoms with Gasteiger partial charge in [-0.25, -0.2) is 4.98 Å². The minimum Gasteiger partial charge on any atom is -0.398 e. The highest BCUT2D eigenvalue weighted by atomic mass is 32.1. The minimum atomic E-state index is -0.954. The Morgan fingerprint density at radius 3 is 1.78 bits per heavy atom. The minimum absolute atomic E-state index is 0.137. The standard InChI is InChI=1S/C25H21N4O2S/c1-31-29-22(23(26)30)21-17-32-24(27-21)28-25(18-11-5-2-6-12-18,19-13-7-3-8-14-19)20-15-9-4-10-16-20/h2-17,26H,1H3,(H,27,28). The molecule has 7 heteroatoms. The van der Waals surface area contributed by atoms with E-state index >= 15 is 0 Å². The summed E-state index contributed by atoms with van der Waals surface area (Å²) in [5.74, 6) is -0.954. The van der Waals surface area contributed by atoms with Crippen molar-refractivity contribution in [1.29, 1.82) is 0 Å². The zero-order chi connectivity index (χ0) is 22.4. The van der Waals surface area contributed by atoms with Gasteiger partial charge in [0.25, 0.3) is 5.91 Å². The number of hydrogen-bond acceptors (Lipinski definition) is 6.